The number of hydrogen-bond donors (Lipinski definition) is 1. The largest absolute Gasteiger partial charge is 0.507 e. The molecule has 10 heteroatoms. The number of aliphatic hydroxyl groups is 1. The molecular formula is C29H30N2O7S. The molecule has 0 bridgehead atoms. The molecule has 1 saturated heterocycles. The SMILES string of the molecule is CCCOc1ccc(C(O)=C2C(=O)C(=O)N(c3nc(C)c(C(=O)OCC)s3)[C@H]2c2ccc(OC)cc2)cc1C. The number of esters is 1. The molecule has 2 aromatic carbocycles. The van der Waals surface area contributed by atoms with Crippen molar-refractivity contribution < 1.29 is 33.7 Å². The third kappa shape index (κ3) is 5.37. The number of carbonyl (C=O) groups excluding carboxylic acids is 3. The van der Waals surface area contributed by atoms with E-state index in [1.807, 2.05) is 13.8 Å². The van der Waals surface area contributed by atoms with Crippen LogP contribution < -0.4 is 14.4 Å². The van der Waals surface area contributed by atoms with Gasteiger partial charge in [-0.2, -0.15) is 0 Å². The highest BCUT2D eigenvalue weighted by Gasteiger charge is 2.48. The molecule has 1 atom stereocenters. The summed E-state index contributed by atoms with van der Waals surface area (Å²) in [4.78, 5) is 45.3. The highest BCUT2D eigenvalue weighted by Crippen LogP contribution is 2.44. The van der Waals surface area contributed by atoms with E-state index in [9.17, 15) is 19.5 Å². The number of hydrogen-bond acceptors (Lipinski definition) is 9. The van der Waals surface area contributed by atoms with Gasteiger partial charge in [0.2, 0.25) is 0 Å². The van der Waals surface area contributed by atoms with Crippen LogP contribution in [0.5, 0.6) is 11.5 Å². The Bertz CT molecular complexity index is 1440. The summed E-state index contributed by atoms with van der Waals surface area (Å²) in [6.45, 7) is 7.92. The van der Waals surface area contributed by atoms with Crippen LogP contribution in [0.4, 0.5) is 5.13 Å². The summed E-state index contributed by atoms with van der Waals surface area (Å²) in [5.41, 5.74) is 1.99. The maximum atomic E-state index is 13.5. The third-order valence-corrected chi connectivity index (χ3v) is 7.37. The average Bonchev–Trinajstić information content (AvgIpc) is 3.44. The Morgan fingerprint density at radius 3 is 2.44 bits per heavy atom. The molecule has 1 aliphatic heterocycles. The molecule has 0 radical (unpaired) electrons. The Morgan fingerprint density at radius 2 is 1.82 bits per heavy atom. The average molecular weight is 551 g/mol. The van der Waals surface area contributed by atoms with Gasteiger partial charge in [0.15, 0.2) is 5.13 Å². The van der Waals surface area contributed by atoms with E-state index >= 15 is 0 Å². The van der Waals surface area contributed by atoms with Crippen LogP contribution in [-0.4, -0.2) is 48.1 Å². The topological polar surface area (TPSA) is 115 Å². The quantitative estimate of drug-likeness (QED) is 0.164. The van der Waals surface area contributed by atoms with Gasteiger partial charge < -0.3 is 19.3 Å². The summed E-state index contributed by atoms with van der Waals surface area (Å²) in [6, 6.07) is 10.9. The number of Topliss-reactive ketones (excluding diaryl/α,β-unsaturated/α-hetero) is 1. The zero-order valence-electron chi connectivity index (χ0n) is 22.4. The van der Waals surface area contributed by atoms with Crippen LogP contribution >= 0.6 is 11.3 Å². The molecular weight excluding hydrogens is 520 g/mol. The molecule has 9 nitrogen and oxygen atoms in total. The van der Waals surface area contributed by atoms with Crippen molar-refractivity contribution in [3.63, 3.8) is 0 Å². The Balaban J connectivity index is 1.87. The van der Waals surface area contributed by atoms with Gasteiger partial charge in [0.25, 0.3) is 5.78 Å². The van der Waals surface area contributed by atoms with Gasteiger partial charge in [0.1, 0.15) is 22.1 Å². The molecule has 0 saturated carbocycles. The van der Waals surface area contributed by atoms with Gasteiger partial charge in [-0.3, -0.25) is 14.5 Å². The van der Waals surface area contributed by atoms with Gasteiger partial charge in [0.05, 0.1) is 37.6 Å². The first kappa shape index (κ1) is 27.8. The summed E-state index contributed by atoms with van der Waals surface area (Å²) in [5.74, 6) is -1.34. The van der Waals surface area contributed by atoms with Crippen molar-refractivity contribution >= 4 is 39.9 Å². The fourth-order valence-corrected chi connectivity index (χ4v) is 5.32. The van der Waals surface area contributed by atoms with Crippen LogP contribution in [0.2, 0.25) is 0 Å². The zero-order chi connectivity index (χ0) is 28.3. The minimum atomic E-state index is -0.993. The fraction of sp³-hybridized carbons (Fsp3) is 0.310. The Kier molecular flexibility index (Phi) is 8.35. The number of benzene rings is 2. The normalized spacial score (nSPS) is 16.4. The minimum Gasteiger partial charge on any atom is -0.507 e. The van der Waals surface area contributed by atoms with Crippen LogP contribution in [-0.2, 0) is 14.3 Å². The van der Waals surface area contributed by atoms with E-state index in [1.54, 1.807) is 56.3 Å². The molecule has 4 rings (SSSR count). The first-order valence-electron chi connectivity index (χ1n) is 12.5. The number of aryl methyl sites for hydroxylation is 2. The molecule has 1 aliphatic rings. The van der Waals surface area contributed by atoms with Crippen LogP contribution in [0.3, 0.4) is 0 Å². The molecule has 1 amide bonds. The highest BCUT2D eigenvalue weighted by atomic mass is 32.1. The minimum absolute atomic E-state index is 0.0858. The predicted molar refractivity (Wildman–Crippen MR) is 148 cm³/mol. The lowest BCUT2D eigenvalue weighted by Gasteiger charge is -2.23. The first-order valence-corrected chi connectivity index (χ1v) is 13.4. The standard InChI is InChI=1S/C29H30N2O7S/c1-6-14-38-21-13-10-19(15-16(21)3)24(32)22-23(18-8-11-20(36-5)12-9-18)31(27(34)25(22)33)29-30-17(4)26(39-29)28(35)37-7-2/h8-13,15,23,32H,6-7,14H2,1-5H3/t23-/m0/s1. The van der Waals surface area contributed by atoms with Crippen molar-refractivity contribution in [1.29, 1.82) is 0 Å². The Morgan fingerprint density at radius 1 is 1.10 bits per heavy atom. The van der Waals surface area contributed by atoms with Crippen molar-refractivity contribution in [3.05, 3.63) is 75.3 Å². The number of rotatable bonds is 9. The number of amides is 1. The fourth-order valence-electron chi connectivity index (χ4n) is 4.33. The lowest BCUT2D eigenvalue weighted by Crippen LogP contribution is -2.29. The number of ether oxygens (including phenoxy) is 3. The lowest BCUT2D eigenvalue weighted by molar-refractivity contribution is -0.132. The van der Waals surface area contributed by atoms with Crippen LogP contribution in [0.1, 0.15) is 58.4 Å². The second kappa shape index (κ2) is 11.7. The predicted octanol–water partition coefficient (Wildman–Crippen LogP) is 5.36. The number of aromatic nitrogens is 1. The van der Waals surface area contributed by atoms with E-state index in [4.69, 9.17) is 14.2 Å². The van der Waals surface area contributed by atoms with E-state index in [0.29, 0.717) is 34.9 Å². The second-order valence-electron chi connectivity index (χ2n) is 8.90. The van der Waals surface area contributed by atoms with Gasteiger partial charge >= 0.3 is 11.9 Å². The molecule has 0 aliphatic carbocycles. The Labute approximate surface area is 230 Å². The molecule has 1 N–H and O–H groups in total. The molecule has 2 heterocycles. The van der Waals surface area contributed by atoms with Gasteiger partial charge in [-0.05, 0) is 68.7 Å². The summed E-state index contributed by atoms with van der Waals surface area (Å²) in [5, 5.41) is 11.6. The Hall–Kier alpha value is -4.18. The summed E-state index contributed by atoms with van der Waals surface area (Å²) in [6.07, 6.45) is 0.848. The summed E-state index contributed by atoms with van der Waals surface area (Å²) in [7, 11) is 1.53. The van der Waals surface area contributed by atoms with Crippen molar-refractivity contribution in [1.82, 2.24) is 4.98 Å². The number of aliphatic hydroxyl groups excluding tert-OH is 1. The number of thiazole rings is 1. The van der Waals surface area contributed by atoms with Gasteiger partial charge in [-0.25, -0.2) is 9.78 Å². The third-order valence-electron chi connectivity index (χ3n) is 6.24. The van der Waals surface area contributed by atoms with Gasteiger partial charge in [-0.15, -0.1) is 0 Å². The number of methoxy groups -OCH3 is 1. The maximum Gasteiger partial charge on any atom is 0.350 e. The van der Waals surface area contributed by atoms with Crippen molar-refractivity contribution in [2.45, 2.75) is 40.2 Å². The second-order valence-corrected chi connectivity index (χ2v) is 9.88. The smallest absolute Gasteiger partial charge is 0.350 e. The molecule has 1 aromatic heterocycles. The van der Waals surface area contributed by atoms with Crippen molar-refractivity contribution in [2.75, 3.05) is 25.2 Å². The van der Waals surface area contributed by atoms with Crippen molar-refractivity contribution in [2.24, 2.45) is 0 Å². The molecule has 0 unspecified atom stereocenters. The van der Waals surface area contributed by atoms with Crippen LogP contribution in [0.25, 0.3) is 5.76 Å². The highest BCUT2D eigenvalue weighted by molar-refractivity contribution is 7.17. The number of carbonyl (C=O) groups is 3. The maximum absolute atomic E-state index is 13.5. The molecule has 3 aromatic rings. The van der Waals surface area contributed by atoms with E-state index in [-0.39, 0.29) is 27.9 Å². The lowest BCUT2D eigenvalue weighted by atomic mass is 9.95. The molecule has 0 spiro atoms. The van der Waals surface area contributed by atoms with Crippen LogP contribution in [0.15, 0.2) is 48.0 Å². The molecule has 39 heavy (non-hydrogen) atoms. The van der Waals surface area contributed by atoms with Gasteiger partial charge in [0, 0.05) is 5.56 Å². The number of nitrogens with zero attached hydrogens (tertiary/aromatic N) is 2. The van der Waals surface area contributed by atoms with E-state index in [0.717, 1.165) is 23.3 Å². The summed E-state index contributed by atoms with van der Waals surface area (Å²) >= 11 is 0.960. The van der Waals surface area contributed by atoms with E-state index in [2.05, 4.69) is 4.98 Å². The number of anilines is 1. The first-order chi connectivity index (χ1) is 18.7. The summed E-state index contributed by atoms with van der Waals surface area (Å²) < 4.78 is 16.1. The van der Waals surface area contributed by atoms with E-state index < -0.39 is 23.7 Å². The van der Waals surface area contributed by atoms with Gasteiger partial charge in [-0.1, -0.05) is 30.4 Å². The number of ketones is 1. The van der Waals surface area contributed by atoms with E-state index in [1.165, 1.54) is 12.0 Å². The zero-order valence-corrected chi connectivity index (χ0v) is 23.3. The molecule has 1 fully saturated rings. The van der Waals surface area contributed by atoms with Crippen LogP contribution in [0, 0.1) is 13.8 Å². The molecule has 204 valence electrons. The monoisotopic (exact) mass is 550 g/mol. The van der Waals surface area contributed by atoms with Crippen molar-refractivity contribution in [3.8, 4) is 11.5 Å².